The summed E-state index contributed by atoms with van der Waals surface area (Å²) in [5.41, 5.74) is 2.97. The second-order valence-corrected chi connectivity index (χ2v) is 6.12. The molecule has 3 aromatic rings. The summed E-state index contributed by atoms with van der Waals surface area (Å²) in [6.45, 7) is 2.05. The lowest BCUT2D eigenvalue weighted by atomic mass is 10.1. The Kier molecular flexibility index (Phi) is 3.94. The normalized spacial score (nSPS) is 10.4. The van der Waals surface area contributed by atoms with E-state index in [1.807, 2.05) is 24.3 Å². The highest BCUT2D eigenvalue weighted by Crippen LogP contribution is 2.29. The molecule has 1 amide bonds. The van der Waals surface area contributed by atoms with Crippen LogP contribution in [0.3, 0.4) is 0 Å². The van der Waals surface area contributed by atoms with E-state index in [0.29, 0.717) is 10.6 Å². The van der Waals surface area contributed by atoms with Gasteiger partial charge in [0.1, 0.15) is 5.75 Å². The van der Waals surface area contributed by atoms with Crippen LogP contribution in [0.25, 0.3) is 10.4 Å². The van der Waals surface area contributed by atoms with Crippen LogP contribution in [0.1, 0.15) is 15.2 Å². The molecular weight excluding hydrogens is 294 g/mol. The van der Waals surface area contributed by atoms with Gasteiger partial charge in [0.15, 0.2) is 0 Å². The number of benzene rings is 2. The summed E-state index contributed by atoms with van der Waals surface area (Å²) in [5, 5.41) is 12.1. The molecule has 0 fully saturated rings. The topological polar surface area (TPSA) is 49.3 Å². The first kappa shape index (κ1) is 14.4. The zero-order chi connectivity index (χ0) is 15.5. The molecule has 0 aliphatic carbocycles. The van der Waals surface area contributed by atoms with Crippen LogP contribution in [-0.4, -0.2) is 11.0 Å². The molecule has 2 aromatic carbocycles. The van der Waals surface area contributed by atoms with Gasteiger partial charge in [-0.25, -0.2) is 0 Å². The first-order chi connectivity index (χ1) is 10.6. The molecule has 3 rings (SSSR count). The minimum Gasteiger partial charge on any atom is -0.508 e. The fourth-order valence-electron chi connectivity index (χ4n) is 2.15. The van der Waals surface area contributed by atoms with Crippen molar-refractivity contribution >= 4 is 22.9 Å². The maximum atomic E-state index is 12.2. The molecule has 0 aliphatic heterocycles. The van der Waals surface area contributed by atoms with E-state index in [1.54, 1.807) is 24.3 Å². The van der Waals surface area contributed by atoms with E-state index < -0.39 is 0 Å². The number of nitrogens with one attached hydrogen (secondary N) is 1. The largest absolute Gasteiger partial charge is 0.508 e. The molecule has 110 valence electrons. The summed E-state index contributed by atoms with van der Waals surface area (Å²) >= 11 is 1.46. The van der Waals surface area contributed by atoms with Gasteiger partial charge in [0, 0.05) is 10.6 Å². The quantitative estimate of drug-likeness (QED) is 0.690. The molecule has 1 heterocycles. The molecule has 0 spiro atoms. The molecule has 0 radical (unpaired) electrons. The van der Waals surface area contributed by atoms with Crippen LogP contribution in [0, 0.1) is 6.92 Å². The standard InChI is InChI=1S/C18H15NO2S/c1-12-3-2-4-13(11-12)16-9-10-17(22-16)18(21)19-14-5-7-15(20)8-6-14/h2-11,20H,1H3,(H,19,21). The summed E-state index contributed by atoms with van der Waals surface area (Å²) in [4.78, 5) is 14.0. The lowest BCUT2D eigenvalue weighted by molar-refractivity contribution is 0.103. The molecule has 0 saturated carbocycles. The monoisotopic (exact) mass is 309 g/mol. The Morgan fingerprint density at radius 2 is 1.82 bits per heavy atom. The van der Waals surface area contributed by atoms with Crippen LogP contribution in [0.15, 0.2) is 60.7 Å². The van der Waals surface area contributed by atoms with Crippen molar-refractivity contribution < 1.29 is 9.90 Å². The van der Waals surface area contributed by atoms with Gasteiger partial charge < -0.3 is 10.4 Å². The first-order valence-corrected chi connectivity index (χ1v) is 7.71. The molecule has 3 nitrogen and oxygen atoms in total. The van der Waals surface area contributed by atoms with Gasteiger partial charge in [-0.05, 0) is 48.9 Å². The zero-order valence-corrected chi connectivity index (χ0v) is 12.9. The van der Waals surface area contributed by atoms with Crippen molar-refractivity contribution in [3.8, 4) is 16.2 Å². The molecule has 0 bridgehead atoms. The maximum Gasteiger partial charge on any atom is 0.265 e. The van der Waals surface area contributed by atoms with E-state index in [9.17, 15) is 9.90 Å². The number of aryl methyl sites for hydroxylation is 1. The van der Waals surface area contributed by atoms with Gasteiger partial charge in [0.25, 0.3) is 5.91 Å². The molecule has 0 unspecified atom stereocenters. The molecule has 2 N–H and O–H groups in total. The summed E-state index contributed by atoms with van der Waals surface area (Å²) in [7, 11) is 0. The minimum absolute atomic E-state index is 0.144. The smallest absolute Gasteiger partial charge is 0.265 e. The van der Waals surface area contributed by atoms with Gasteiger partial charge in [0.05, 0.1) is 4.88 Å². The number of phenolic OH excluding ortho intramolecular Hbond substituents is 1. The highest BCUT2D eigenvalue weighted by atomic mass is 32.1. The van der Waals surface area contributed by atoms with E-state index in [1.165, 1.54) is 16.9 Å². The molecule has 0 aliphatic rings. The number of rotatable bonds is 3. The van der Waals surface area contributed by atoms with E-state index in [2.05, 4.69) is 24.4 Å². The molecule has 0 atom stereocenters. The van der Waals surface area contributed by atoms with Gasteiger partial charge in [-0.1, -0.05) is 29.8 Å². The Bertz CT molecular complexity index is 806. The third-order valence-electron chi connectivity index (χ3n) is 3.26. The van der Waals surface area contributed by atoms with Gasteiger partial charge >= 0.3 is 0 Å². The molecule has 4 heteroatoms. The summed E-state index contributed by atoms with van der Waals surface area (Å²) in [6.07, 6.45) is 0. The Balaban J connectivity index is 1.78. The second kappa shape index (κ2) is 6.03. The number of anilines is 1. The fraction of sp³-hybridized carbons (Fsp3) is 0.0556. The SMILES string of the molecule is Cc1cccc(-c2ccc(C(=O)Nc3ccc(O)cc3)s2)c1. The molecule has 0 saturated heterocycles. The highest BCUT2D eigenvalue weighted by molar-refractivity contribution is 7.17. The van der Waals surface area contributed by atoms with Crippen molar-refractivity contribution in [2.75, 3.05) is 5.32 Å². The van der Waals surface area contributed by atoms with Crippen LogP contribution >= 0.6 is 11.3 Å². The number of phenols is 1. The highest BCUT2D eigenvalue weighted by Gasteiger charge is 2.10. The average Bonchev–Trinajstić information content (AvgIpc) is 3.00. The molecule has 22 heavy (non-hydrogen) atoms. The first-order valence-electron chi connectivity index (χ1n) is 6.89. The third-order valence-corrected chi connectivity index (χ3v) is 4.39. The number of hydrogen-bond donors (Lipinski definition) is 2. The van der Waals surface area contributed by atoms with Crippen LogP contribution in [-0.2, 0) is 0 Å². The Labute approximate surface area is 132 Å². The van der Waals surface area contributed by atoms with Gasteiger partial charge in [-0.2, -0.15) is 0 Å². The predicted octanol–water partition coefficient (Wildman–Crippen LogP) is 4.68. The Morgan fingerprint density at radius 1 is 1.05 bits per heavy atom. The van der Waals surface area contributed by atoms with Crippen molar-refractivity contribution in [2.45, 2.75) is 6.92 Å². The number of carbonyl (C=O) groups is 1. The predicted molar refractivity (Wildman–Crippen MR) is 90.6 cm³/mol. The van der Waals surface area contributed by atoms with Crippen LogP contribution in [0.5, 0.6) is 5.75 Å². The van der Waals surface area contributed by atoms with Crippen LogP contribution in [0.2, 0.25) is 0 Å². The lowest BCUT2D eigenvalue weighted by Gasteiger charge is -2.03. The Hall–Kier alpha value is -2.59. The minimum atomic E-state index is -0.144. The summed E-state index contributed by atoms with van der Waals surface area (Å²) in [5.74, 6) is 0.0328. The number of carbonyl (C=O) groups excluding carboxylic acids is 1. The van der Waals surface area contributed by atoms with Crippen molar-refractivity contribution in [3.05, 3.63) is 71.1 Å². The maximum absolute atomic E-state index is 12.2. The van der Waals surface area contributed by atoms with E-state index in [4.69, 9.17) is 0 Å². The summed E-state index contributed by atoms with van der Waals surface area (Å²) in [6, 6.07) is 18.4. The molecule has 1 aromatic heterocycles. The Morgan fingerprint density at radius 3 is 2.55 bits per heavy atom. The third kappa shape index (κ3) is 3.18. The summed E-state index contributed by atoms with van der Waals surface area (Å²) < 4.78 is 0. The molecular formula is C18H15NO2S. The fourth-order valence-corrected chi connectivity index (χ4v) is 3.05. The number of amides is 1. The second-order valence-electron chi connectivity index (χ2n) is 5.03. The van der Waals surface area contributed by atoms with E-state index in [0.717, 1.165) is 10.4 Å². The number of hydrogen-bond acceptors (Lipinski definition) is 3. The van der Waals surface area contributed by atoms with Crippen molar-refractivity contribution in [1.29, 1.82) is 0 Å². The van der Waals surface area contributed by atoms with Crippen LogP contribution in [0.4, 0.5) is 5.69 Å². The van der Waals surface area contributed by atoms with Gasteiger partial charge in [-0.15, -0.1) is 11.3 Å². The van der Waals surface area contributed by atoms with Crippen molar-refractivity contribution in [1.82, 2.24) is 0 Å². The van der Waals surface area contributed by atoms with E-state index >= 15 is 0 Å². The number of aromatic hydroxyl groups is 1. The van der Waals surface area contributed by atoms with E-state index in [-0.39, 0.29) is 11.7 Å². The zero-order valence-electron chi connectivity index (χ0n) is 12.0. The van der Waals surface area contributed by atoms with Gasteiger partial charge in [-0.3, -0.25) is 4.79 Å². The van der Waals surface area contributed by atoms with Gasteiger partial charge in [0.2, 0.25) is 0 Å². The number of thiophene rings is 1. The van der Waals surface area contributed by atoms with Crippen molar-refractivity contribution in [2.24, 2.45) is 0 Å². The lowest BCUT2D eigenvalue weighted by Crippen LogP contribution is -2.09. The van der Waals surface area contributed by atoms with Crippen molar-refractivity contribution in [3.63, 3.8) is 0 Å². The van der Waals surface area contributed by atoms with Crippen LogP contribution < -0.4 is 5.32 Å². The average molecular weight is 309 g/mol.